The summed E-state index contributed by atoms with van der Waals surface area (Å²) in [6.07, 6.45) is 9.20. The number of carbonyl (C=O) groups is 2. The molecule has 2 saturated heterocycles. The number of nitrogens with zero attached hydrogens (tertiary/aromatic N) is 3. The summed E-state index contributed by atoms with van der Waals surface area (Å²) in [7, 11) is 1.85. The molecule has 1 unspecified atom stereocenters. The zero-order valence-corrected chi connectivity index (χ0v) is 18.7. The molecule has 0 N–H and O–H groups in total. The van der Waals surface area contributed by atoms with Gasteiger partial charge in [-0.3, -0.25) is 14.5 Å². The third-order valence-electron chi connectivity index (χ3n) is 7.74. The van der Waals surface area contributed by atoms with Crippen molar-refractivity contribution in [3.63, 3.8) is 0 Å². The van der Waals surface area contributed by atoms with Crippen molar-refractivity contribution >= 4 is 12.3 Å². The highest BCUT2D eigenvalue weighted by Gasteiger charge is 2.39. The average molecular weight is 412 g/mol. The molecule has 5 nitrogen and oxygen atoms in total. The van der Waals surface area contributed by atoms with Crippen LogP contribution in [0.4, 0.5) is 0 Å². The average Bonchev–Trinajstić information content (AvgIpc) is 2.76. The third kappa shape index (κ3) is 4.41. The molecule has 5 heteroatoms. The summed E-state index contributed by atoms with van der Waals surface area (Å²) in [6.45, 7) is 7.30. The monoisotopic (exact) mass is 411 g/mol. The maximum absolute atomic E-state index is 13.1. The Labute approximate surface area is 181 Å². The molecule has 0 aromatic heterocycles. The molecule has 2 heterocycles. The molecule has 4 rings (SSSR count). The van der Waals surface area contributed by atoms with Crippen LogP contribution in [0.15, 0.2) is 24.3 Å². The third-order valence-corrected chi connectivity index (χ3v) is 7.74. The molecule has 3 aliphatic rings. The fourth-order valence-electron chi connectivity index (χ4n) is 5.80. The van der Waals surface area contributed by atoms with Gasteiger partial charge in [0.05, 0.1) is 0 Å². The van der Waals surface area contributed by atoms with Crippen LogP contribution in [0.1, 0.15) is 67.8 Å². The van der Waals surface area contributed by atoms with E-state index in [0.29, 0.717) is 6.04 Å². The highest BCUT2D eigenvalue weighted by molar-refractivity contribution is 5.94. The first-order valence-corrected chi connectivity index (χ1v) is 11.8. The fraction of sp³-hybridized carbons (Fsp3) is 0.680. The number of amides is 2. The Bertz CT molecular complexity index is 735. The van der Waals surface area contributed by atoms with Crippen molar-refractivity contribution in [1.29, 1.82) is 0 Å². The summed E-state index contributed by atoms with van der Waals surface area (Å²) in [4.78, 5) is 30.6. The van der Waals surface area contributed by atoms with Crippen LogP contribution < -0.4 is 0 Å². The lowest BCUT2D eigenvalue weighted by Crippen LogP contribution is -2.49. The Morgan fingerprint density at radius 1 is 1.10 bits per heavy atom. The normalized spacial score (nSPS) is 24.9. The molecule has 3 fully saturated rings. The molecule has 2 aliphatic heterocycles. The first-order chi connectivity index (χ1) is 14.5. The standard InChI is InChI=1S/C25H37N3O2/c1-20-5-3-14-28(17-20)23-10-15-27(16-11-23)24(30)21-6-8-22(9-7-21)25(12-4-13-25)18-26(2)19-29/h6-9,19-20,23H,3-5,10-18H2,1-2H3. The topological polar surface area (TPSA) is 43.9 Å². The Kier molecular flexibility index (Phi) is 6.47. The second kappa shape index (κ2) is 9.09. The number of likely N-dealkylation sites (N-methyl/N-ethyl adjacent to an activating group) is 1. The van der Waals surface area contributed by atoms with Gasteiger partial charge >= 0.3 is 0 Å². The van der Waals surface area contributed by atoms with Crippen LogP contribution in [-0.2, 0) is 10.2 Å². The molecular formula is C25H37N3O2. The van der Waals surface area contributed by atoms with Crippen molar-refractivity contribution < 1.29 is 9.59 Å². The lowest BCUT2D eigenvalue weighted by Gasteiger charge is -2.44. The molecule has 164 valence electrons. The quantitative estimate of drug-likeness (QED) is 0.673. The van der Waals surface area contributed by atoms with Crippen LogP contribution in [0, 0.1) is 5.92 Å². The van der Waals surface area contributed by atoms with Gasteiger partial charge in [0.2, 0.25) is 6.41 Å². The fourth-order valence-corrected chi connectivity index (χ4v) is 5.80. The number of rotatable bonds is 6. The van der Waals surface area contributed by atoms with Crippen molar-refractivity contribution in [2.75, 3.05) is 39.8 Å². The van der Waals surface area contributed by atoms with Gasteiger partial charge in [-0.1, -0.05) is 25.5 Å². The summed E-state index contributed by atoms with van der Waals surface area (Å²) < 4.78 is 0. The first kappa shape index (κ1) is 21.4. The van der Waals surface area contributed by atoms with E-state index < -0.39 is 0 Å². The van der Waals surface area contributed by atoms with E-state index in [2.05, 4.69) is 24.0 Å². The minimum atomic E-state index is 0.0706. The number of benzene rings is 1. The summed E-state index contributed by atoms with van der Waals surface area (Å²) in [5, 5.41) is 0. The number of hydrogen-bond acceptors (Lipinski definition) is 3. The second-order valence-electron chi connectivity index (χ2n) is 10.00. The molecule has 1 aliphatic carbocycles. The van der Waals surface area contributed by atoms with Gasteiger partial charge in [0, 0.05) is 50.2 Å². The maximum atomic E-state index is 13.1. The van der Waals surface area contributed by atoms with Gasteiger partial charge in [-0.2, -0.15) is 0 Å². The molecular weight excluding hydrogens is 374 g/mol. The van der Waals surface area contributed by atoms with E-state index in [1.807, 2.05) is 24.1 Å². The SMILES string of the molecule is CC1CCCN(C2CCN(C(=O)c3ccc(C4(CN(C)C=O)CCC4)cc3)CC2)C1. The zero-order chi connectivity index (χ0) is 21.1. The molecule has 1 atom stereocenters. The summed E-state index contributed by atoms with van der Waals surface area (Å²) >= 11 is 0. The van der Waals surface area contributed by atoms with Crippen molar-refractivity contribution in [2.24, 2.45) is 5.92 Å². The predicted octanol–water partition coefficient (Wildman–Crippen LogP) is 3.53. The van der Waals surface area contributed by atoms with Crippen molar-refractivity contribution in [3.05, 3.63) is 35.4 Å². The molecule has 1 aromatic rings. The molecule has 30 heavy (non-hydrogen) atoms. The van der Waals surface area contributed by atoms with E-state index in [1.165, 1.54) is 37.9 Å². The van der Waals surface area contributed by atoms with Crippen LogP contribution >= 0.6 is 0 Å². The molecule has 1 saturated carbocycles. The van der Waals surface area contributed by atoms with Gasteiger partial charge in [-0.05, 0) is 68.7 Å². The number of hydrogen-bond donors (Lipinski definition) is 0. The number of piperidine rings is 2. The minimum Gasteiger partial charge on any atom is -0.347 e. The molecule has 2 amide bonds. The summed E-state index contributed by atoms with van der Waals surface area (Å²) in [6, 6.07) is 8.88. The van der Waals surface area contributed by atoms with Crippen LogP contribution in [0.5, 0.6) is 0 Å². The van der Waals surface area contributed by atoms with Gasteiger partial charge in [-0.15, -0.1) is 0 Å². The van der Waals surface area contributed by atoms with E-state index in [0.717, 1.165) is 63.2 Å². The first-order valence-electron chi connectivity index (χ1n) is 11.8. The Hall–Kier alpha value is -1.88. The summed E-state index contributed by atoms with van der Waals surface area (Å²) in [5.41, 5.74) is 2.13. The second-order valence-corrected chi connectivity index (χ2v) is 10.00. The lowest BCUT2D eigenvalue weighted by molar-refractivity contribution is -0.118. The summed E-state index contributed by atoms with van der Waals surface area (Å²) in [5.74, 6) is 0.974. The van der Waals surface area contributed by atoms with Crippen LogP contribution in [0.2, 0.25) is 0 Å². The Morgan fingerprint density at radius 2 is 1.80 bits per heavy atom. The van der Waals surface area contributed by atoms with E-state index in [4.69, 9.17) is 0 Å². The van der Waals surface area contributed by atoms with Gasteiger partial charge in [0.15, 0.2) is 0 Å². The molecule has 0 spiro atoms. The van der Waals surface area contributed by atoms with Crippen molar-refractivity contribution in [2.45, 2.75) is 63.3 Å². The highest BCUT2D eigenvalue weighted by Crippen LogP contribution is 2.44. The number of likely N-dealkylation sites (tertiary alicyclic amines) is 2. The highest BCUT2D eigenvalue weighted by atomic mass is 16.2. The van der Waals surface area contributed by atoms with Crippen LogP contribution in [0.25, 0.3) is 0 Å². The maximum Gasteiger partial charge on any atom is 0.253 e. The van der Waals surface area contributed by atoms with Crippen LogP contribution in [0.3, 0.4) is 0 Å². The van der Waals surface area contributed by atoms with E-state index in [-0.39, 0.29) is 11.3 Å². The number of carbonyl (C=O) groups excluding carboxylic acids is 2. The van der Waals surface area contributed by atoms with Crippen molar-refractivity contribution in [3.8, 4) is 0 Å². The van der Waals surface area contributed by atoms with E-state index >= 15 is 0 Å². The van der Waals surface area contributed by atoms with Crippen molar-refractivity contribution in [1.82, 2.24) is 14.7 Å². The smallest absolute Gasteiger partial charge is 0.253 e. The van der Waals surface area contributed by atoms with Gasteiger partial charge in [0.1, 0.15) is 0 Å². The van der Waals surface area contributed by atoms with Gasteiger partial charge in [-0.25, -0.2) is 0 Å². The van der Waals surface area contributed by atoms with Gasteiger partial charge < -0.3 is 9.80 Å². The minimum absolute atomic E-state index is 0.0706. The molecule has 0 bridgehead atoms. The molecule has 0 radical (unpaired) electrons. The lowest BCUT2D eigenvalue weighted by atomic mass is 9.64. The van der Waals surface area contributed by atoms with Crippen LogP contribution in [-0.4, -0.2) is 72.8 Å². The van der Waals surface area contributed by atoms with E-state index in [1.54, 1.807) is 4.90 Å². The Morgan fingerprint density at radius 3 is 2.37 bits per heavy atom. The Balaban J connectivity index is 1.35. The largest absolute Gasteiger partial charge is 0.347 e. The van der Waals surface area contributed by atoms with Gasteiger partial charge in [0.25, 0.3) is 5.91 Å². The zero-order valence-electron chi connectivity index (χ0n) is 18.7. The van der Waals surface area contributed by atoms with E-state index in [9.17, 15) is 9.59 Å². The molecule has 1 aromatic carbocycles. The predicted molar refractivity (Wildman–Crippen MR) is 120 cm³/mol.